The lowest BCUT2D eigenvalue weighted by Gasteiger charge is -2.22. The number of nitrogens with two attached hydrogens (primary N) is 1. The van der Waals surface area contributed by atoms with Crippen LogP contribution < -0.4 is 11.3 Å². The van der Waals surface area contributed by atoms with E-state index in [0.29, 0.717) is 11.5 Å². The molecule has 1 aliphatic rings. The highest BCUT2D eigenvalue weighted by Gasteiger charge is 2.43. The number of hydrogen-bond donors (Lipinski definition) is 2. The van der Waals surface area contributed by atoms with E-state index in [0.717, 1.165) is 19.4 Å². The first kappa shape index (κ1) is 9.96. The first-order valence-corrected chi connectivity index (χ1v) is 4.68. The molecule has 0 aromatic carbocycles. The molecule has 3 nitrogen and oxygen atoms in total. The minimum absolute atomic E-state index is 0.475. The van der Waals surface area contributed by atoms with Gasteiger partial charge in [-0.05, 0) is 31.1 Å². The first-order chi connectivity index (χ1) is 5.73. The third-order valence-corrected chi connectivity index (χ3v) is 2.92. The Balaban J connectivity index is 2.17. The van der Waals surface area contributed by atoms with Crippen molar-refractivity contribution in [3.05, 3.63) is 0 Å². The van der Waals surface area contributed by atoms with E-state index in [-0.39, 0.29) is 0 Å². The van der Waals surface area contributed by atoms with Crippen molar-refractivity contribution in [2.75, 3.05) is 13.7 Å². The Morgan fingerprint density at radius 3 is 2.67 bits per heavy atom. The van der Waals surface area contributed by atoms with Gasteiger partial charge in [0.25, 0.3) is 0 Å². The smallest absolute Gasteiger partial charge is 0.0462 e. The van der Waals surface area contributed by atoms with Crippen LogP contribution in [0.1, 0.15) is 32.6 Å². The van der Waals surface area contributed by atoms with Crippen LogP contribution in [-0.2, 0) is 4.74 Å². The predicted molar refractivity (Wildman–Crippen MR) is 49.6 cm³/mol. The number of nitrogens with one attached hydrogen (secondary N) is 1. The van der Waals surface area contributed by atoms with E-state index in [4.69, 9.17) is 10.6 Å². The summed E-state index contributed by atoms with van der Waals surface area (Å²) in [5.74, 6) is 5.49. The van der Waals surface area contributed by atoms with Gasteiger partial charge >= 0.3 is 0 Å². The van der Waals surface area contributed by atoms with Crippen LogP contribution in [0.5, 0.6) is 0 Å². The Labute approximate surface area is 74.6 Å². The maximum atomic E-state index is 5.49. The highest BCUT2D eigenvalue weighted by molar-refractivity contribution is 4.97. The lowest BCUT2D eigenvalue weighted by atomic mass is 9.95. The van der Waals surface area contributed by atoms with E-state index in [1.165, 1.54) is 12.8 Å². The molecule has 3 N–H and O–H groups in total. The fourth-order valence-electron chi connectivity index (χ4n) is 1.61. The van der Waals surface area contributed by atoms with Crippen molar-refractivity contribution in [1.29, 1.82) is 0 Å². The number of rotatable bonds is 6. The topological polar surface area (TPSA) is 47.3 Å². The van der Waals surface area contributed by atoms with E-state index in [1.54, 1.807) is 7.11 Å². The van der Waals surface area contributed by atoms with Crippen LogP contribution in [0.2, 0.25) is 0 Å². The Bertz CT molecular complexity index is 134. The molecule has 0 aromatic heterocycles. The summed E-state index contributed by atoms with van der Waals surface area (Å²) >= 11 is 0. The molecule has 0 amide bonds. The van der Waals surface area contributed by atoms with Crippen LogP contribution in [-0.4, -0.2) is 19.8 Å². The van der Waals surface area contributed by atoms with Crippen LogP contribution in [0.15, 0.2) is 0 Å². The number of hydrazine groups is 1. The minimum Gasteiger partial charge on any atom is -0.385 e. The third kappa shape index (κ3) is 2.44. The zero-order chi connectivity index (χ0) is 9.03. The second-order valence-corrected chi connectivity index (χ2v) is 4.01. The summed E-state index contributed by atoms with van der Waals surface area (Å²) in [6, 6.07) is 0.479. The van der Waals surface area contributed by atoms with Crippen LogP contribution in [0, 0.1) is 5.41 Å². The monoisotopic (exact) mass is 172 g/mol. The standard InChI is InChI=1S/C9H20N2O/c1-9(5-6-9)8(11-10)4-3-7-12-2/h8,11H,3-7,10H2,1-2H3. The van der Waals surface area contributed by atoms with E-state index in [1.807, 2.05) is 0 Å². The lowest BCUT2D eigenvalue weighted by Crippen LogP contribution is -2.41. The van der Waals surface area contributed by atoms with E-state index in [2.05, 4.69) is 12.3 Å². The molecule has 0 aromatic rings. The highest BCUT2D eigenvalue weighted by atomic mass is 16.5. The molecule has 0 aliphatic heterocycles. The van der Waals surface area contributed by atoms with Crippen molar-refractivity contribution >= 4 is 0 Å². The second-order valence-electron chi connectivity index (χ2n) is 4.01. The van der Waals surface area contributed by atoms with Crippen LogP contribution >= 0.6 is 0 Å². The Kier molecular flexibility index (Phi) is 3.50. The van der Waals surface area contributed by atoms with Crippen molar-refractivity contribution in [2.24, 2.45) is 11.3 Å². The lowest BCUT2D eigenvalue weighted by molar-refractivity contribution is 0.183. The number of ether oxygens (including phenoxy) is 1. The SMILES string of the molecule is COCCCC(NN)C1(C)CC1. The molecular weight excluding hydrogens is 152 g/mol. The number of methoxy groups -OCH3 is 1. The van der Waals surface area contributed by atoms with Crippen molar-refractivity contribution in [2.45, 2.75) is 38.6 Å². The van der Waals surface area contributed by atoms with Gasteiger partial charge < -0.3 is 4.74 Å². The van der Waals surface area contributed by atoms with E-state index < -0.39 is 0 Å². The maximum absolute atomic E-state index is 5.49. The molecule has 0 radical (unpaired) electrons. The predicted octanol–water partition coefficient (Wildman–Crippen LogP) is 1.04. The molecule has 0 heterocycles. The summed E-state index contributed by atoms with van der Waals surface area (Å²) in [5, 5.41) is 0. The summed E-state index contributed by atoms with van der Waals surface area (Å²) in [5.41, 5.74) is 3.38. The molecule has 1 rings (SSSR count). The van der Waals surface area contributed by atoms with Gasteiger partial charge in [-0.3, -0.25) is 11.3 Å². The van der Waals surface area contributed by atoms with Gasteiger partial charge in [0.15, 0.2) is 0 Å². The fraction of sp³-hybridized carbons (Fsp3) is 1.00. The highest BCUT2D eigenvalue weighted by Crippen LogP contribution is 2.49. The molecule has 1 atom stereocenters. The summed E-state index contributed by atoms with van der Waals surface area (Å²) in [7, 11) is 1.74. The molecule has 1 saturated carbocycles. The van der Waals surface area contributed by atoms with Gasteiger partial charge in [-0.25, -0.2) is 0 Å². The zero-order valence-corrected chi connectivity index (χ0v) is 8.10. The van der Waals surface area contributed by atoms with E-state index >= 15 is 0 Å². The average Bonchev–Trinajstić information content (AvgIpc) is 2.78. The summed E-state index contributed by atoms with van der Waals surface area (Å²) in [6.07, 6.45) is 4.85. The van der Waals surface area contributed by atoms with Gasteiger partial charge in [0.1, 0.15) is 0 Å². The Morgan fingerprint density at radius 1 is 1.58 bits per heavy atom. The Hall–Kier alpha value is -0.120. The van der Waals surface area contributed by atoms with Crippen LogP contribution in [0.3, 0.4) is 0 Å². The molecule has 1 aliphatic carbocycles. The average molecular weight is 172 g/mol. The molecule has 1 fully saturated rings. The van der Waals surface area contributed by atoms with Gasteiger partial charge in [-0.15, -0.1) is 0 Å². The van der Waals surface area contributed by atoms with Gasteiger partial charge in [0.05, 0.1) is 0 Å². The summed E-state index contributed by atoms with van der Waals surface area (Å²) < 4.78 is 5.00. The molecule has 72 valence electrons. The fourth-order valence-corrected chi connectivity index (χ4v) is 1.61. The van der Waals surface area contributed by atoms with Crippen LogP contribution in [0.25, 0.3) is 0 Å². The number of hydrogen-bond acceptors (Lipinski definition) is 3. The molecule has 3 heteroatoms. The molecule has 12 heavy (non-hydrogen) atoms. The third-order valence-electron chi connectivity index (χ3n) is 2.92. The Morgan fingerprint density at radius 2 is 2.25 bits per heavy atom. The quantitative estimate of drug-likeness (QED) is 0.357. The molecule has 1 unspecified atom stereocenters. The van der Waals surface area contributed by atoms with Crippen molar-refractivity contribution < 1.29 is 4.74 Å². The first-order valence-electron chi connectivity index (χ1n) is 4.68. The zero-order valence-electron chi connectivity index (χ0n) is 8.10. The molecule has 0 saturated heterocycles. The largest absolute Gasteiger partial charge is 0.385 e. The summed E-state index contributed by atoms with van der Waals surface area (Å²) in [6.45, 7) is 3.14. The van der Waals surface area contributed by atoms with Gasteiger partial charge in [0.2, 0.25) is 0 Å². The molecular formula is C9H20N2O. The van der Waals surface area contributed by atoms with Gasteiger partial charge in [-0.1, -0.05) is 6.92 Å². The van der Waals surface area contributed by atoms with Crippen molar-refractivity contribution in [3.63, 3.8) is 0 Å². The second kappa shape index (κ2) is 4.21. The summed E-state index contributed by atoms with van der Waals surface area (Å²) in [4.78, 5) is 0. The van der Waals surface area contributed by atoms with E-state index in [9.17, 15) is 0 Å². The van der Waals surface area contributed by atoms with Crippen molar-refractivity contribution in [1.82, 2.24) is 5.43 Å². The normalized spacial score (nSPS) is 22.2. The van der Waals surface area contributed by atoms with Crippen LogP contribution in [0.4, 0.5) is 0 Å². The maximum Gasteiger partial charge on any atom is 0.0462 e. The van der Waals surface area contributed by atoms with Gasteiger partial charge in [0, 0.05) is 19.8 Å². The van der Waals surface area contributed by atoms with Crippen molar-refractivity contribution in [3.8, 4) is 0 Å². The molecule has 0 spiro atoms. The van der Waals surface area contributed by atoms with Gasteiger partial charge in [-0.2, -0.15) is 0 Å². The molecule has 0 bridgehead atoms. The minimum atomic E-state index is 0.475.